The van der Waals surface area contributed by atoms with E-state index in [1.54, 1.807) is 27.5 Å². The van der Waals surface area contributed by atoms with E-state index in [1.807, 2.05) is 36.5 Å². The molecule has 2 aromatic carbocycles. The van der Waals surface area contributed by atoms with E-state index in [0.29, 0.717) is 17.9 Å². The molecule has 6 aromatic rings. The number of pyridine rings is 1. The number of benzene rings is 2. The average molecular weight is 773 g/mol. The van der Waals surface area contributed by atoms with Crippen LogP contribution >= 0.6 is 11.3 Å². The molecule has 56 heavy (non-hydrogen) atoms. The van der Waals surface area contributed by atoms with E-state index in [-0.39, 0.29) is 24.1 Å². The van der Waals surface area contributed by atoms with Crippen molar-refractivity contribution in [3.63, 3.8) is 0 Å². The molecule has 2 amide bonds. The number of nitriles is 1. The third-order valence-electron chi connectivity index (χ3n) is 11.5. The van der Waals surface area contributed by atoms with Crippen molar-refractivity contribution in [2.75, 3.05) is 60.9 Å². The molecule has 0 bridgehead atoms. The Morgan fingerprint density at radius 2 is 1.80 bits per heavy atom. The lowest BCUT2D eigenvalue weighted by atomic mass is 9.95. The van der Waals surface area contributed by atoms with Crippen LogP contribution in [0.5, 0.6) is 0 Å². The molecule has 3 aliphatic heterocycles. The summed E-state index contributed by atoms with van der Waals surface area (Å²) >= 11 is 1.59. The topological polar surface area (TPSA) is 173 Å². The van der Waals surface area contributed by atoms with E-state index in [9.17, 15) is 19.6 Å². The number of carbonyl (C=O) groups is 2. The Balaban J connectivity index is 0.841. The number of piperidine rings is 2. The van der Waals surface area contributed by atoms with Gasteiger partial charge in [0.05, 0.1) is 50.6 Å². The molecule has 1 unspecified atom stereocenters. The van der Waals surface area contributed by atoms with Crippen molar-refractivity contribution in [3.8, 4) is 16.6 Å². The summed E-state index contributed by atoms with van der Waals surface area (Å²) in [5.41, 5.74) is 7.38. The minimum Gasteiger partial charge on any atom is -0.381 e. The van der Waals surface area contributed by atoms with Gasteiger partial charge in [-0.05, 0) is 69.4 Å². The molecule has 9 rings (SSSR count). The fourth-order valence-electron chi connectivity index (χ4n) is 8.69. The number of amides is 2. The van der Waals surface area contributed by atoms with Gasteiger partial charge in [0.1, 0.15) is 6.04 Å². The van der Waals surface area contributed by atoms with Crippen LogP contribution in [0, 0.1) is 17.2 Å². The first-order valence-electron chi connectivity index (χ1n) is 19.4. The van der Waals surface area contributed by atoms with Crippen molar-refractivity contribution in [2.45, 2.75) is 51.6 Å². The van der Waals surface area contributed by atoms with Crippen molar-refractivity contribution in [2.24, 2.45) is 13.0 Å². The highest BCUT2D eigenvalue weighted by Gasteiger charge is 2.33. The number of hydrogen-bond donors (Lipinski definition) is 3. The third kappa shape index (κ3) is 6.34. The smallest absolute Gasteiger partial charge is 0.329 e. The summed E-state index contributed by atoms with van der Waals surface area (Å²) in [6.45, 7) is 10.7. The third-order valence-corrected chi connectivity index (χ3v) is 12.6. The normalized spacial score (nSPS) is 18.7. The van der Waals surface area contributed by atoms with E-state index < -0.39 is 11.9 Å². The number of anilines is 3. The molecule has 7 heterocycles. The van der Waals surface area contributed by atoms with Gasteiger partial charge in [0.25, 0.3) is 0 Å². The molecular weight excluding hydrogens is 729 g/mol. The maximum Gasteiger partial charge on any atom is 0.329 e. The molecule has 0 radical (unpaired) electrons. The number of nitrogens with zero attached hydrogens (tertiary/aromatic N) is 9. The number of para-hydroxylation sites is 1. The Morgan fingerprint density at radius 1 is 1.00 bits per heavy atom. The zero-order chi connectivity index (χ0) is 38.7. The monoisotopic (exact) mass is 772 g/mol. The number of aryl methyl sites for hydroxylation is 1. The van der Waals surface area contributed by atoms with Gasteiger partial charge < -0.3 is 20.1 Å². The predicted molar refractivity (Wildman–Crippen MR) is 218 cm³/mol. The molecule has 288 valence electrons. The Hall–Kier alpha value is -5.79. The number of H-pyrrole nitrogens is 1. The number of fused-ring (bicyclic) bond motifs is 4. The van der Waals surface area contributed by atoms with Gasteiger partial charge in [-0.1, -0.05) is 17.4 Å². The number of imidazole rings is 1. The molecule has 0 saturated carbocycles. The van der Waals surface area contributed by atoms with Crippen molar-refractivity contribution in [1.82, 2.24) is 39.5 Å². The van der Waals surface area contributed by atoms with Crippen LogP contribution < -0.4 is 26.1 Å². The van der Waals surface area contributed by atoms with Gasteiger partial charge in [-0.3, -0.25) is 33.9 Å². The SMILES string of the molecule is CC(C)Nc1c(-c2nnc(N3CCN(CC4CCN(c5cccc6c5n(C)c(=O)n6C5CCC(=O)NC5=O)CC4)CC3)s2)cnc2c1[nH]c1cc(C#N)ccc12. The van der Waals surface area contributed by atoms with Crippen LogP contribution in [0.2, 0.25) is 0 Å². The summed E-state index contributed by atoms with van der Waals surface area (Å²) in [6, 6.07) is 13.3. The first kappa shape index (κ1) is 35.9. The maximum atomic E-state index is 13.5. The molecule has 3 aliphatic rings. The zero-order valence-corrected chi connectivity index (χ0v) is 32.5. The Kier molecular flexibility index (Phi) is 9.21. The molecule has 15 nitrogen and oxygen atoms in total. The zero-order valence-electron chi connectivity index (χ0n) is 31.7. The van der Waals surface area contributed by atoms with Crippen molar-refractivity contribution in [1.29, 1.82) is 5.26 Å². The number of nitrogens with one attached hydrogen (secondary N) is 3. The van der Waals surface area contributed by atoms with E-state index in [4.69, 9.17) is 4.98 Å². The van der Waals surface area contributed by atoms with E-state index in [0.717, 1.165) is 119 Å². The molecule has 1 atom stereocenters. The van der Waals surface area contributed by atoms with Gasteiger partial charge >= 0.3 is 5.69 Å². The lowest BCUT2D eigenvalue weighted by Gasteiger charge is -2.39. The summed E-state index contributed by atoms with van der Waals surface area (Å²) in [5, 5.41) is 27.4. The number of rotatable bonds is 8. The molecule has 3 fully saturated rings. The van der Waals surface area contributed by atoms with Crippen molar-refractivity contribution < 1.29 is 9.59 Å². The second-order valence-corrected chi connectivity index (χ2v) is 16.5. The Bertz CT molecular complexity index is 2600. The molecule has 4 aromatic heterocycles. The second kappa shape index (κ2) is 14.4. The largest absolute Gasteiger partial charge is 0.381 e. The predicted octanol–water partition coefficient (Wildman–Crippen LogP) is 4.60. The highest BCUT2D eigenvalue weighted by molar-refractivity contribution is 7.18. The van der Waals surface area contributed by atoms with Crippen molar-refractivity contribution >= 4 is 72.6 Å². The number of piperazine rings is 1. The quantitative estimate of drug-likeness (QED) is 0.185. The second-order valence-electron chi connectivity index (χ2n) is 15.5. The average Bonchev–Trinajstić information content (AvgIpc) is 3.90. The summed E-state index contributed by atoms with van der Waals surface area (Å²) in [5.74, 6) is -0.135. The highest BCUT2D eigenvalue weighted by atomic mass is 32.1. The minimum absolute atomic E-state index is 0.178. The fourth-order valence-corrected chi connectivity index (χ4v) is 9.61. The number of aromatic amines is 1. The first-order valence-corrected chi connectivity index (χ1v) is 20.2. The number of hydrogen-bond acceptors (Lipinski definition) is 12. The summed E-state index contributed by atoms with van der Waals surface area (Å²) in [4.78, 5) is 53.6. The van der Waals surface area contributed by atoms with Gasteiger partial charge in [-0.2, -0.15) is 5.26 Å². The number of carbonyl (C=O) groups excluding carboxylic acids is 2. The van der Waals surface area contributed by atoms with Gasteiger partial charge in [0, 0.05) is 82.4 Å². The first-order chi connectivity index (χ1) is 27.2. The minimum atomic E-state index is -0.696. The van der Waals surface area contributed by atoms with E-state index in [1.165, 1.54) is 0 Å². The van der Waals surface area contributed by atoms with Gasteiger partial charge in [0.15, 0.2) is 5.01 Å². The summed E-state index contributed by atoms with van der Waals surface area (Å²) < 4.78 is 3.21. The fraction of sp³-hybridized carbons (Fsp3) is 0.425. The van der Waals surface area contributed by atoms with Crippen LogP contribution in [-0.2, 0) is 16.6 Å². The van der Waals surface area contributed by atoms with Crippen LogP contribution in [0.3, 0.4) is 0 Å². The van der Waals surface area contributed by atoms with Crippen molar-refractivity contribution in [3.05, 3.63) is 58.6 Å². The molecular formula is C40H44N12O3S. The maximum absolute atomic E-state index is 13.5. The number of imide groups is 1. The van der Waals surface area contributed by atoms with Gasteiger partial charge in [-0.15, -0.1) is 10.2 Å². The highest BCUT2D eigenvalue weighted by Crippen LogP contribution is 2.40. The standard InChI is InChI=1S/C40H44N12O3S/c1-23(2)43-34-27(21-42-33-26-8-7-25(20-41)19-28(26)44-35(33)34)38-46-47-39(56-38)51-17-15-49(16-18-51)22-24-11-13-50(14-12-24)29-5-4-6-30-36(29)48(3)40(55)52(30)31-9-10-32(53)45-37(31)54/h4-8,19,21,23-24,31,44H,9-18,22H2,1-3H3,(H,42,43)(H,45,53,54). The molecule has 3 saturated heterocycles. The van der Waals surface area contributed by atoms with E-state index >= 15 is 0 Å². The summed E-state index contributed by atoms with van der Waals surface area (Å²) in [6.07, 6.45) is 4.53. The van der Waals surface area contributed by atoms with E-state index in [2.05, 4.69) is 66.5 Å². The molecule has 0 spiro atoms. The van der Waals surface area contributed by atoms with Crippen LogP contribution in [0.15, 0.2) is 47.4 Å². The Labute approximate surface area is 326 Å². The van der Waals surface area contributed by atoms with Crippen LogP contribution in [0.4, 0.5) is 16.5 Å². The lowest BCUT2D eigenvalue weighted by Crippen LogP contribution is -2.49. The number of aromatic nitrogens is 6. The molecule has 3 N–H and O–H groups in total. The van der Waals surface area contributed by atoms with Gasteiger partial charge in [0.2, 0.25) is 16.9 Å². The lowest BCUT2D eigenvalue weighted by molar-refractivity contribution is -0.135. The van der Waals surface area contributed by atoms with Crippen LogP contribution in [0.1, 0.15) is 51.1 Å². The van der Waals surface area contributed by atoms with Gasteiger partial charge in [-0.25, -0.2) is 4.79 Å². The van der Waals surface area contributed by atoms with Crippen LogP contribution in [-0.4, -0.2) is 97.9 Å². The van der Waals surface area contributed by atoms with Crippen LogP contribution in [0.25, 0.3) is 43.5 Å². The summed E-state index contributed by atoms with van der Waals surface area (Å²) in [7, 11) is 1.76. The molecule has 0 aliphatic carbocycles. The molecule has 16 heteroatoms. The Morgan fingerprint density at radius 3 is 2.55 bits per heavy atom.